The smallest absolute Gasteiger partial charge is 0.246 e. The van der Waals surface area contributed by atoms with Crippen molar-refractivity contribution in [3.63, 3.8) is 0 Å². The van der Waals surface area contributed by atoms with Crippen molar-refractivity contribution in [2.24, 2.45) is 17.8 Å². The van der Waals surface area contributed by atoms with E-state index in [1.165, 1.54) is 29.3 Å². The van der Waals surface area contributed by atoms with Crippen LogP contribution >= 0.6 is 0 Å². The molecule has 3 heterocycles. The Hall–Kier alpha value is -4.16. The molecule has 1 amide bonds. The molecule has 0 bridgehead atoms. The monoisotopic (exact) mass is 549 g/mol. The summed E-state index contributed by atoms with van der Waals surface area (Å²) in [7, 11) is 0. The third-order valence-electron chi connectivity index (χ3n) is 7.58. The van der Waals surface area contributed by atoms with Crippen LogP contribution in [-0.2, 0) is 11.3 Å². The number of nitrogens with one attached hydrogen (secondary N) is 2. The van der Waals surface area contributed by atoms with Crippen molar-refractivity contribution in [3.05, 3.63) is 66.8 Å². The first-order chi connectivity index (χ1) is 19.5. The van der Waals surface area contributed by atoms with E-state index in [0.29, 0.717) is 48.0 Å². The summed E-state index contributed by atoms with van der Waals surface area (Å²) in [5.41, 5.74) is 1.08. The van der Waals surface area contributed by atoms with Gasteiger partial charge in [0, 0.05) is 43.9 Å². The Morgan fingerprint density at radius 3 is 2.83 bits per heavy atom. The summed E-state index contributed by atoms with van der Waals surface area (Å²) in [5.74, 6) is 0.484. The maximum Gasteiger partial charge on any atom is 0.246 e. The summed E-state index contributed by atoms with van der Waals surface area (Å²) in [4.78, 5) is 23.5. The van der Waals surface area contributed by atoms with Crippen LogP contribution in [0.3, 0.4) is 0 Å². The Labute approximate surface area is 229 Å². The van der Waals surface area contributed by atoms with E-state index in [4.69, 9.17) is 4.74 Å². The molecule has 1 aliphatic carbocycles. The maximum absolute atomic E-state index is 13.8. The van der Waals surface area contributed by atoms with Crippen LogP contribution in [0.2, 0.25) is 0 Å². The predicted octanol–water partition coefficient (Wildman–Crippen LogP) is 3.43. The number of rotatable bonds is 11. The molecule has 3 atom stereocenters. The SMILES string of the molecule is O=C(Cn1cc(Nc2ncnc3cc(OCCCN4C[C@@H]5C(CO)[C@@H]5C4)ccc23)cn1)Nc1cccc(F)c1F. The average Bonchev–Trinajstić information content (AvgIpc) is 3.22. The first kappa shape index (κ1) is 26.1. The summed E-state index contributed by atoms with van der Waals surface area (Å²) >= 11 is 0. The Morgan fingerprint density at radius 1 is 1.15 bits per heavy atom. The van der Waals surface area contributed by atoms with E-state index >= 15 is 0 Å². The van der Waals surface area contributed by atoms with Gasteiger partial charge in [-0.1, -0.05) is 6.07 Å². The molecule has 1 saturated carbocycles. The molecule has 1 unspecified atom stereocenters. The molecule has 0 spiro atoms. The lowest BCUT2D eigenvalue weighted by Crippen LogP contribution is -2.27. The molecular weight excluding hydrogens is 520 g/mol. The molecule has 2 aromatic carbocycles. The number of amides is 1. The molecule has 1 saturated heterocycles. The fraction of sp³-hybridized carbons (Fsp3) is 0.357. The zero-order valence-corrected chi connectivity index (χ0v) is 21.6. The zero-order chi connectivity index (χ0) is 27.6. The van der Waals surface area contributed by atoms with Gasteiger partial charge in [0.25, 0.3) is 0 Å². The minimum atomic E-state index is -1.11. The van der Waals surface area contributed by atoms with Crippen LogP contribution in [0.5, 0.6) is 5.75 Å². The second-order valence-electron chi connectivity index (χ2n) is 10.2. The van der Waals surface area contributed by atoms with Crippen molar-refractivity contribution in [3.8, 4) is 5.75 Å². The van der Waals surface area contributed by atoms with Crippen molar-refractivity contribution < 1.29 is 23.4 Å². The molecule has 3 N–H and O–H groups in total. The second kappa shape index (κ2) is 11.1. The van der Waals surface area contributed by atoms with Gasteiger partial charge in [-0.25, -0.2) is 18.7 Å². The van der Waals surface area contributed by atoms with Crippen LogP contribution in [0.15, 0.2) is 55.1 Å². The quantitative estimate of drug-likeness (QED) is 0.244. The number of hydrogen-bond acceptors (Lipinski definition) is 8. The number of fused-ring (bicyclic) bond motifs is 2. The van der Waals surface area contributed by atoms with Gasteiger partial charge in [0.2, 0.25) is 5.91 Å². The van der Waals surface area contributed by atoms with Gasteiger partial charge in [-0.05, 0) is 48.4 Å². The lowest BCUT2D eigenvalue weighted by molar-refractivity contribution is -0.116. The largest absolute Gasteiger partial charge is 0.493 e. The van der Waals surface area contributed by atoms with Gasteiger partial charge in [0.05, 0.1) is 29.7 Å². The highest BCUT2D eigenvalue weighted by molar-refractivity contribution is 5.92. The molecule has 6 rings (SSSR count). The van der Waals surface area contributed by atoms with Crippen molar-refractivity contribution in [1.29, 1.82) is 0 Å². The van der Waals surface area contributed by atoms with E-state index < -0.39 is 17.5 Å². The molecule has 40 heavy (non-hydrogen) atoms. The van der Waals surface area contributed by atoms with Crippen molar-refractivity contribution >= 4 is 34.0 Å². The number of carbonyl (C=O) groups is 1. The highest BCUT2D eigenvalue weighted by atomic mass is 19.2. The number of halogens is 2. The third kappa shape index (κ3) is 5.58. The van der Waals surface area contributed by atoms with E-state index in [2.05, 4.69) is 30.6 Å². The summed E-state index contributed by atoms with van der Waals surface area (Å²) < 4.78 is 34.5. The Bertz CT molecular complexity index is 1520. The number of carbonyl (C=O) groups excluding carboxylic acids is 1. The zero-order valence-electron chi connectivity index (χ0n) is 21.6. The number of nitrogens with zero attached hydrogens (tertiary/aromatic N) is 5. The number of aliphatic hydroxyl groups excluding tert-OH is 1. The summed E-state index contributed by atoms with van der Waals surface area (Å²) in [6, 6.07) is 9.23. The maximum atomic E-state index is 13.8. The van der Waals surface area contributed by atoms with Gasteiger partial charge in [0.1, 0.15) is 24.4 Å². The number of aromatic nitrogens is 4. The van der Waals surface area contributed by atoms with E-state index in [0.717, 1.165) is 43.3 Å². The number of benzene rings is 2. The Kier molecular flexibility index (Phi) is 7.27. The van der Waals surface area contributed by atoms with Crippen LogP contribution in [0, 0.1) is 29.4 Å². The van der Waals surface area contributed by atoms with Gasteiger partial charge < -0.3 is 25.4 Å². The minimum Gasteiger partial charge on any atom is -0.493 e. The molecule has 0 radical (unpaired) electrons. The fourth-order valence-corrected chi connectivity index (χ4v) is 5.48. The van der Waals surface area contributed by atoms with Crippen molar-refractivity contribution in [2.75, 3.05) is 43.5 Å². The first-order valence-electron chi connectivity index (χ1n) is 13.2. The lowest BCUT2D eigenvalue weighted by atomic mass is 10.2. The third-order valence-corrected chi connectivity index (χ3v) is 7.58. The summed E-state index contributed by atoms with van der Waals surface area (Å²) in [6.45, 7) is 3.89. The molecule has 4 aromatic rings. The first-order valence-corrected chi connectivity index (χ1v) is 13.2. The van der Waals surface area contributed by atoms with Gasteiger partial charge in [-0.15, -0.1) is 0 Å². The molecule has 10 nitrogen and oxygen atoms in total. The van der Waals surface area contributed by atoms with E-state index in [9.17, 15) is 18.7 Å². The molecular formula is C28H29F2N7O3. The van der Waals surface area contributed by atoms with E-state index in [1.807, 2.05) is 18.2 Å². The fourth-order valence-electron chi connectivity index (χ4n) is 5.48. The van der Waals surface area contributed by atoms with Crippen LogP contribution in [-0.4, -0.2) is 68.5 Å². The van der Waals surface area contributed by atoms with Crippen molar-refractivity contribution in [2.45, 2.75) is 13.0 Å². The molecule has 2 aliphatic rings. The van der Waals surface area contributed by atoms with Gasteiger partial charge >= 0.3 is 0 Å². The number of anilines is 3. The van der Waals surface area contributed by atoms with Crippen LogP contribution in [0.4, 0.5) is 26.0 Å². The molecule has 12 heteroatoms. The molecule has 208 valence electrons. The Morgan fingerprint density at radius 2 is 2.00 bits per heavy atom. The van der Waals surface area contributed by atoms with E-state index in [1.54, 1.807) is 6.20 Å². The number of aliphatic hydroxyl groups is 1. The second-order valence-corrected chi connectivity index (χ2v) is 10.2. The summed E-state index contributed by atoms with van der Waals surface area (Å²) in [5, 5.41) is 19.8. The van der Waals surface area contributed by atoms with Crippen LogP contribution < -0.4 is 15.4 Å². The topological polar surface area (TPSA) is 117 Å². The average molecular weight is 550 g/mol. The minimum absolute atomic E-state index is 0.190. The van der Waals surface area contributed by atoms with Gasteiger partial charge in [-0.2, -0.15) is 5.10 Å². The summed E-state index contributed by atoms with van der Waals surface area (Å²) in [6.07, 6.45) is 5.53. The molecule has 2 fully saturated rings. The number of hydrogen-bond donors (Lipinski definition) is 3. The van der Waals surface area contributed by atoms with Gasteiger partial charge in [0.15, 0.2) is 11.6 Å². The number of likely N-dealkylation sites (tertiary alicyclic amines) is 1. The van der Waals surface area contributed by atoms with E-state index in [-0.39, 0.29) is 12.2 Å². The number of piperidine rings is 1. The van der Waals surface area contributed by atoms with Crippen LogP contribution in [0.25, 0.3) is 10.9 Å². The number of ether oxygens (including phenoxy) is 1. The normalized spacial score (nSPS) is 19.9. The highest BCUT2D eigenvalue weighted by Gasteiger charge is 2.54. The standard InChI is InChI=1S/C28H29F2N7O3/c29-23-3-1-4-24(27(23)30)35-26(39)14-37-11-17(10-33-37)34-28-19-6-5-18(9-25(19)31-16-32-28)40-8-2-7-36-12-20-21(13-36)22(20)15-38/h1,3-6,9-11,16,20-22,38H,2,7-8,12-15H2,(H,35,39)(H,31,32,34)/t20-,21+,22?. The highest BCUT2D eigenvalue weighted by Crippen LogP contribution is 2.51. The Balaban J connectivity index is 1.01. The van der Waals surface area contributed by atoms with Crippen LogP contribution in [0.1, 0.15) is 6.42 Å². The predicted molar refractivity (Wildman–Crippen MR) is 144 cm³/mol. The molecule has 2 aromatic heterocycles. The lowest BCUT2D eigenvalue weighted by Gasteiger charge is -2.18. The molecule has 1 aliphatic heterocycles. The van der Waals surface area contributed by atoms with Gasteiger partial charge in [-0.3, -0.25) is 9.48 Å². The van der Waals surface area contributed by atoms with Crippen molar-refractivity contribution in [1.82, 2.24) is 24.6 Å².